The molecule has 1 aliphatic heterocycles. The van der Waals surface area contributed by atoms with Gasteiger partial charge in [-0.25, -0.2) is 13.2 Å². The van der Waals surface area contributed by atoms with E-state index in [2.05, 4.69) is 4.74 Å². The molecule has 1 atom stereocenters. The van der Waals surface area contributed by atoms with Crippen molar-refractivity contribution in [1.29, 1.82) is 0 Å². The van der Waals surface area contributed by atoms with Crippen molar-refractivity contribution in [3.63, 3.8) is 0 Å². The molecule has 98 valence electrons. The van der Waals surface area contributed by atoms with Crippen LogP contribution in [0.1, 0.15) is 6.42 Å². The lowest BCUT2D eigenvalue weighted by molar-refractivity contribution is -0.117. The molecule has 0 aromatic heterocycles. The summed E-state index contributed by atoms with van der Waals surface area (Å²) in [5.41, 5.74) is 0. The number of methoxy groups -OCH3 is 1. The van der Waals surface area contributed by atoms with Crippen LogP contribution in [0.3, 0.4) is 0 Å². The molecule has 0 saturated carbocycles. The molecule has 8 heteroatoms. The summed E-state index contributed by atoms with van der Waals surface area (Å²) in [7, 11) is -1.99. The number of rotatable bonds is 3. The number of ether oxygens (including phenoxy) is 1. The second-order valence-electron chi connectivity index (χ2n) is 3.81. The van der Waals surface area contributed by atoms with Crippen molar-refractivity contribution >= 4 is 33.3 Å². The highest BCUT2D eigenvalue weighted by Gasteiger charge is 2.35. The number of halogens is 1. The lowest BCUT2D eigenvalue weighted by Gasteiger charge is -2.33. The summed E-state index contributed by atoms with van der Waals surface area (Å²) in [4.78, 5) is 23.9. The first kappa shape index (κ1) is 14.2. The van der Waals surface area contributed by atoms with Crippen LogP contribution in [-0.4, -0.2) is 62.3 Å². The molecule has 0 aliphatic carbocycles. The van der Waals surface area contributed by atoms with Gasteiger partial charge in [-0.2, -0.15) is 0 Å². The van der Waals surface area contributed by atoms with Crippen LogP contribution >= 0.6 is 11.6 Å². The summed E-state index contributed by atoms with van der Waals surface area (Å²) >= 11 is 5.37. The van der Waals surface area contributed by atoms with E-state index >= 15 is 0 Å². The Morgan fingerprint density at radius 3 is 2.65 bits per heavy atom. The van der Waals surface area contributed by atoms with E-state index in [1.807, 2.05) is 0 Å². The molecule has 0 bridgehead atoms. The van der Waals surface area contributed by atoms with Gasteiger partial charge in [0, 0.05) is 13.0 Å². The molecule has 0 aromatic carbocycles. The van der Waals surface area contributed by atoms with E-state index in [4.69, 9.17) is 11.6 Å². The fourth-order valence-corrected chi connectivity index (χ4v) is 3.37. The quantitative estimate of drug-likeness (QED) is 0.684. The third kappa shape index (κ3) is 3.85. The molecular weight excluding hydrogens is 270 g/mol. The summed E-state index contributed by atoms with van der Waals surface area (Å²) in [6, 6.07) is -0.674. The Morgan fingerprint density at radius 2 is 2.12 bits per heavy atom. The predicted molar refractivity (Wildman–Crippen MR) is 61.9 cm³/mol. The maximum atomic E-state index is 11.5. The minimum absolute atomic E-state index is 0.0508. The average Bonchev–Trinajstić information content (AvgIpc) is 2.27. The van der Waals surface area contributed by atoms with Crippen molar-refractivity contribution in [1.82, 2.24) is 4.90 Å². The minimum Gasteiger partial charge on any atom is -0.453 e. The number of ketones is 1. The molecule has 1 rings (SSSR count). The van der Waals surface area contributed by atoms with Crippen LogP contribution in [0, 0.1) is 0 Å². The van der Waals surface area contributed by atoms with Crippen molar-refractivity contribution < 1.29 is 22.7 Å². The molecule has 1 heterocycles. The van der Waals surface area contributed by atoms with Gasteiger partial charge in [-0.05, 0) is 0 Å². The van der Waals surface area contributed by atoms with Crippen LogP contribution in [0.4, 0.5) is 4.79 Å². The fraction of sp³-hybridized carbons (Fsp3) is 0.778. The first-order valence-electron chi connectivity index (χ1n) is 5.02. The van der Waals surface area contributed by atoms with Crippen molar-refractivity contribution in [3.8, 4) is 0 Å². The van der Waals surface area contributed by atoms with Crippen LogP contribution < -0.4 is 0 Å². The average molecular weight is 284 g/mol. The lowest BCUT2D eigenvalue weighted by Crippen LogP contribution is -2.52. The summed E-state index contributed by atoms with van der Waals surface area (Å²) in [6.07, 6.45) is -0.676. The lowest BCUT2D eigenvalue weighted by atomic mass is 10.1. The van der Waals surface area contributed by atoms with Crippen molar-refractivity contribution in [2.45, 2.75) is 12.5 Å². The Labute approximate surface area is 105 Å². The highest BCUT2D eigenvalue weighted by molar-refractivity contribution is 7.91. The molecule has 1 unspecified atom stereocenters. The molecule has 0 aromatic rings. The van der Waals surface area contributed by atoms with Gasteiger partial charge < -0.3 is 9.64 Å². The van der Waals surface area contributed by atoms with Crippen molar-refractivity contribution in [2.24, 2.45) is 0 Å². The molecule has 1 aliphatic rings. The molecular formula is C9H14ClNO5S. The summed E-state index contributed by atoms with van der Waals surface area (Å²) in [5, 5.41) is 0. The minimum atomic E-state index is -3.21. The first-order valence-corrected chi connectivity index (χ1v) is 7.38. The van der Waals surface area contributed by atoms with Gasteiger partial charge in [0.25, 0.3) is 0 Å². The number of alkyl halides is 1. The number of carbonyl (C=O) groups excluding carboxylic acids is 2. The third-order valence-corrected chi connectivity index (χ3v) is 4.55. The molecule has 0 N–H and O–H groups in total. The van der Waals surface area contributed by atoms with Gasteiger partial charge in [0.2, 0.25) is 0 Å². The smallest absolute Gasteiger partial charge is 0.409 e. The monoisotopic (exact) mass is 283 g/mol. The molecule has 17 heavy (non-hydrogen) atoms. The van der Waals surface area contributed by atoms with Gasteiger partial charge in [0.1, 0.15) is 5.78 Å². The molecule has 6 nitrogen and oxygen atoms in total. The number of nitrogens with zero attached hydrogens (tertiary/aromatic N) is 1. The second kappa shape index (κ2) is 5.68. The predicted octanol–water partition coefficient (Wildman–Crippen LogP) is 0.0498. The molecule has 1 fully saturated rings. The van der Waals surface area contributed by atoms with Crippen LogP contribution in [-0.2, 0) is 19.4 Å². The topological polar surface area (TPSA) is 80.8 Å². The number of carbonyl (C=O) groups is 2. The third-order valence-electron chi connectivity index (χ3n) is 2.55. The Balaban J connectivity index is 2.82. The summed E-state index contributed by atoms with van der Waals surface area (Å²) in [6.45, 7) is 0.0508. The molecule has 1 amide bonds. The fourth-order valence-electron chi connectivity index (χ4n) is 1.73. The van der Waals surface area contributed by atoms with E-state index in [1.54, 1.807) is 0 Å². The number of amides is 1. The highest BCUT2D eigenvalue weighted by atomic mass is 35.5. The van der Waals surface area contributed by atoms with E-state index in [-0.39, 0.29) is 36.1 Å². The number of hydrogen-bond acceptors (Lipinski definition) is 5. The molecule has 0 radical (unpaired) electrons. The summed E-state index contributed by atoms with van der Waals surface area (Å²) in [5.74, 6) is -0.799. The van der Waals surface area contributed by atoms with Gasteiger partial charge in [0.05, 0.1) is 30.5 Å². The maximum Gasteiger partial charge on any atom is 0.409 e. The van der Waals surface area contributed by atoms with E-state index < -0.39 is 22.0 Å². The largest absolute Gasteiger partial charge is 0.453 e. The Hall–Kier alpha value is -0.820. The van der Waals surface area contributed by atoms with Gasteiger partial charge in [-0.1, -0.05) is 0 Å². The Kier molecular flexibility index (Phi) is 4.76. The van der Waals surface area contributed by atoms with Crippen LogP contribution in [0.5, 0.6) is 0 Å². The second-order valence-corrected chi connectivity index (χ2v) is 6.30. The zero-order chi connectivity index (χ0) is 13.1. The van der Waals surface area contributed by atoms with Crippen molar-refractivity contribution in [2.75, 3.05) is 31.0 Å². The van der Waals surface area contributed by atoms with Crippen LogP contribution in [0.15, 0.2) is 0 Å². The zero-order valence-electron chi connectivity index (χ0n) is 9.39. The number of sulfone groups is 1. The van der Waals surface area contributed by atoms with Gasteiger partial charge in [0.15, 0.2) is 9.84 Å². The molecule has 1 saturated heterocycles. The van der Waals surface area contributed by atoms with Crippen molar-refractivity contribution in [3.05, 3.63) is 0 Å². The van der Waals surface area contributed by atoms with E-state index in [9.17, 15) is 18.0 Å². The Bertz CT molecular complexity index is 408. The van der Waals surface area contributed by atoms with Gasteiger partial charge in [-0.15, -0.1) is 11.6 Å². The standard InChI is InChI=1S/C9H14ClNO5S/c1-16-9(13)11-2-3-17(14,15)6-7(11)4-8(12)5-10/h7H,2-6H2,1H3. The first-order chi connectivity index (χ1) is 7.89. The van der Waals surface area contributed by atoms with Gasteiger partial charge >= 0.3 is 6.09 Å². The maximum absolute atomic E-state index is 11.5. The number of Topliss-reactive ketones (excluding diaryl/α,β-unsaturated/α-hetero) is 1. The van der Waals surface area contributed by atoms with E-state index in [0.29, 0.717) is 0 Å². The normalized spacial score (nSPS) is 23.2. The number of hydrogen-bond donors (Lipinski definition) is 0. The van der Waals surface area contributed by atoms with E-state index in [1.165, 1.54) is 12.0 Å². The zero-order valence-corrected chi connectivity index (χ0v) is 11.0. The highest BCUT2D eigenvalue weighted by Crippen LogP contribution is 2.16. The van der Waals surface area contributed by atoms with Crippen LogP contribution in [0.2, 0.25) is 0 Å². The van der Waals surface area contributed by atoms with E-state index in [0.717, 1.165) is 0 Å². The molecule has 0 spiro atoms. The Morgan fingerprint density at radius 1 is 1.47 bits per heavy atom. The SMILES string of the molecule is COC(=O)N1CCS(=O)(=O)CC1CC(=O)CCl. The van der Waals surface area contributed by atoms with Gasteiger partial charge in [-0.3, -0.25) is 4.79 Å². The summed E-state index contributed by atoms with van der Waals surface area (Å²) < 4.78 is 27.5. The van der Waals surface area contributed by atoms with Crippen LogP contribution in [0.25, 0.3) is 0 Å².